The van der Waals surface area contributed by atoms with Crippen molar-refractivity contribution in [3.63, 3.8) is 0 Å². The molecule has 5 nitrogen and oxygen atoms in total. The van der Waals surface area contributed by atoms with Gasteiger partial charge < -0.3 is 20.1 Å². The number of nitrogens with one attached hydrogen (secondary N) is 1. The van der Waals surface area contributed by atoms with E-state index >= 15 is 0 Å². The third kappa shape index (κ3) is 7.53. The standard InChI is InChI=1S/C18H36N2O3/c1-14(19-12-18(5,6)13-21)11-15-9-7-8-10-20(15)16(22)23-17(2,3)4/h14-15,19,21H,7-13H2,1-6H3. The van der Waals surface area contributed by atoms with E-state index in [0.29, 0.717) is 6.04 Å². The maximum atomic E-state index is 12.4. The van der Waals surface area contributed by atoms with Gasteiger partial charge in [-0.15, -0.1) is 0 Å². The first-order chi connectivity index (χ1) is 10.5. The molecule has 0 bridgehead atoms. The van der Waals surface area contributed by atoms with Crippen LogP contribution in [0.2, 0.25) is 0 Å². The summed E-state index contributed by atoms with van der Waals surface area (Å²) in [5.74, 6) is 0. The monoisotopic (exact) mass is 328 g/mol. The Morgan fingerprint density at radius 1 is 1.30 bits per heavy atom. The van der Waals surface area contributed by atoms with Gasteiger partial charge in [0, 0.05) is 37.2 Å². The molecule has 1 heterocycles. The first kappa shape index (κ1) is 20.2. The minimum atomic E-state index is -0.450. The number of carbonyl (C=O) groups is 1. The molecule has 23 heavy (non-hydrogen) atoms. The molecule has 136 valence electrons. The Balaban J connectivity index is 2.56. The summed E-state index contributed by atoms with van der Waals surface area (Å²) in [6, 6.07) is 0.534. The number of likely N-dealkylation sites (tertiary alicyclic amines) is 1. The van der Waals surface area contributed by atoms with Gasteiger partial charge in [-0.05, 0) is 53.4 Å². The molecule has 1 saturated heterocycles. The van der Waals surface area contributed by atoms with Gasteiger partial charge in [0.2, 0.25) is 0 Å². The molecule has 0 saturated carbocycles. The van der Waals surface area contributed by atoms with Crippen molar-refractivity contribution >= 4 is 6.09 Å². The smallest absolute Gasteiger partial charge is 0.410 e. The van der Waals surface area contributed by atoms with Crippen molar-refractivity contribution in [2.45, 2.75) is 84.9 Å². The van der Waals surface area contributed by atoms with E-state index < -0.39 is 5.60 Å². The average molecular weight is 328 g/mol. The molecule has 1 fully saturated rings. The normalized spacial score (nSPS) is 21.2. The van der Waals surface area contributed by atoms with Gasteiger partial charge in [-0.1, -0.05) is 13.8 Å². The van der Waals surface area contributed by atoms with E-state index in [4.69, 9.17) is 4.74 Å². The maximum absolute atomic E-state index is 12.4. The molecule has 2 N–H and O–H groups in total. The van der Waals surface area contributed by atoms with E-state index in [1.54, 1.807) is 0 Å². The Morgan fingerprint density at radius 2 is 1.96 bits per heavy atom. The van der Waals surface area contributed by atoms with Gasteiger partial charge in [0.05, 0.1) is 0 Å². The van der Waals surface area contributed by atoms with Crippen LogP contribution in [-0.4, -0.2) is 53.5 Å². The largest absolute Gasteiger partial charge is 0.444 e. The Hall–Kier alpha value is -0.810. The molecule has 2 unspecified atom stereocenters. The van der Waals surface area contributed by atoms with E-state index in [0.717, 1.165) is 32.4 Å². The average Bonchev–Trinajstić information content (AvgIpc) is 2.44. The lowest BCUT2D eigenvalue weighted by atomic mass is 9.93. The van der Waals surface area contributed by atoms with Crippen molar-refractivity contribution in [3.05, 3.63) is 0 Å². The minimum absolute atomic E-state index is 0.119. The quantitative estimate of drug-likeness (QED) is 0.786. The summed E-state index contributed by atoms with van der Waals surface area (Å²) in [4.78, 5) is 14.3. The molecule has 0 spiro atoms. The minimum Gasteiger partial charge on any atom is -0.444 e. The van der Waals surface area contributed by atoms with Crippen LogP contribution in [0.5, 0.6) is 0 Å². The lowest BCUT2D eigenvalue weighted by molar-refractivity contribution is 0.00773. The first-order valence-electron chi connectivity index (χ1n) is 8.88. The zero-order chi connectivity index (χ0) is 17.7. The Morgan fingerprint density at radius 3 is 2.52 bits per heavy atom. The van der Waals surface area contributed by atoms with Crippen LogP contribution in [0.25, 0.3) is 0 Å². The molecule has 1 aliphatic rings. The number of amides is 1. The molecule has 1 amide bonds. The van der Waals surface area contributed by atoms with Crippen molar-refractivity contribution in [1.82, 2.24) is 10.2 Å². The van der Waals surface area contributed by atoms with Crippen LogP contribution >= 0.6 is 0 Å². The number of rotatable bonds is 6. The molecule has 5 heteroatoms. The second-order valence-electron chi connectivity index (χ2n) is 8.66. The fourth-order valence-corrected chi connectivity index (χ4v) is 2.80. The van der Waals surface area contributed by atoms with Crippen molar-refractivity contribution in [2.75, 3.05) is 19.7 Å². The molecule has 0 aromatic rings. The zero-order valence-electron chi connectivity index (χ0n) is 15.8. The first-order valence-corrected chi connectivity index (χ1v) is 8.88. The van der Waals surface area contributed by atoms with Gasteiger partial charge >= 0.3 is 6.09 Å². The van der Waals surface area contributed by atoms with Crippen LogP contribution < -0.4 is 5.32 Å². The number of hydrogen-bond acceptors (Lipinski definition) is 4. The number of aliphatic hydroxyl groups excluding tert-OH is 1. The highest BCUT2D eigenvalue weighted by molar-refractivity contribution is 5.68. The highest BCUT2D eigenvalue weighted by Gasteiger charge is 2.31. The van der Waals surface area contributed by atoms with Crippen LogP contribution in [0.15, 0.2) is 0 Å². The topological polar surface area (TPSA) is 61.8 Å². The number of hydrogen-bond donors (Lipinski definition) is 2. The van der Waals surface area contributed by atoms with Crippen LogP contribution in [0.3, 0.4) is 0 Å². The van der Waals surface area contributed by atoms with E-state index in [1.165, 1.54) is 6.42 Å². The summed E-state index contributed by atoms with van der Waals surface area (Å²) in [5, 5.41) is 12.8. The Bertz CT molecular complexity index is 377. The van der Waals surface area contributed by atoms with Gasteiger partial charge in [-0.2, -0.15) is 0 Å². The van der Waals surface area contributed by atoms with Gasteiger partial charge in [-0.25, -0.2) is 4.79 Å². The van der Waals surface area contributed by atoms with Crippen molar-refractivity contribution in [3.8, 4) is 0 Å². The number of aliphatic hydroxyl groups is 1. The second-order valence-corrected chi connectivity index (χ2v) is 8.66. The fourth-order valence-electron chi connectivity index (χ4n) is 2.80. The summed E-state index contributed by atoms with van der Waals surface area (Å²) >= 11 is 0. The van der Waals surface area contributed by atoms with E-state index in [9.17, 15) is 9.90 Å². The molecule has 0 aliphatic carbocycles. The molecule has 2 atom stereocenters. The molecule has 1 rings (SSSR count). The molecule has 0 aromatic heterocycles. The van der Waals surface area contributed by atoms with Crippen LogP contribution in [0.4, 0.5) is 4.79 Å². The second kappa shape index (κ2) is 8.34. The number of ether oxygens (including phenoxy) is 1. The van der Waals surface area contributed by atoms with Crippen LogP contribution in [0.1, 0.15) is 67.2 Å². The third-order valence-corrected chi connectivity index (χ3v) is 4.24. The van der Waals surface area contributed by atoms with Crippen LogP contribution in [-0.2, 0) is 4.74 Å². The molecular weight excluding hydrogens is 292 g/mol. The van der Waals surface area contributed by atoms with Gasteiger partial charge in [-0.3, -0.25) is 0 Å². The van der Waals surface area contributed by atoms with Crippen molar-refractivity contribution in [2.24, 2.45) is 5.41 Å². The maximum Gasteiger partial charge on any atom is 0.410 e. The van der Waals surface area contributed by atoms with Gasteiger partial charge in [0.15, 0.2) is 0 Å². The van der Waals surface area contributed by atoms with E-state index in [2.05, 4.69) is 12.2 Å². The highest BCUT2D eigenvalue weighted by Crippen LogP contribution is 2.24. The lowest BCUT2D eigenvalue weighted by Crippen LogP contribution is -2.49. The van der Waals surface area contributed by atoms with E-state index in [-0.39, 0.29) is 24.2 Å². The number of nitrogens with zero attached hydrogens (tertiary/aromatic N) is 1. The zero-order valence-corrected chi connectivity index (χ0v) is 15.8. The summed E-state index contributed by atoms with van der Waals surface area (Å²) < 4.78 is 5.55. The summed E-state index contributed by atoms with van der Waals surface area (Å²) in [6.07, 6.45) is 3.98. The Kier molecular flexibility index (Phi) is 7.33. The van der Waals surface area contributed by atoms with Gasteiger partial charge in [0.25, 0.3) is 0 Å². The summed E-state index contributed by atoms with van der Waals surface area (Å²) in [6.45, 7) is 13.7. The van der Waals surface area contributed by atoms with Crippen molar-refractivity contribution < 1.29 is 14.6 Å². The van der Waals surface area contributed by atoms with Crippen LogP contribution in [0, 0.1) is 5.41 Å². The predicted molar refractivity (Wildman–Crippen MR) is 93.5 cm³/mol. The van der Waals surface area contributed by atoms with Gasteiger partial charge in [0.1, 0.15) is 5.60 Å². The SMILES string of the molecule is CC(CC1CCCCN1C(=O)OC(C)(C)C)NCC(C)(C)CO. The molecule has 1 aliphatic heterocycles. The lowest BCUT2D eigenvalue weighted by Gasteiger charge is -2.38. The predicted octanol–water partition coefficient (Wildman–Crippen LogP) is 3.16. The number of piperidine rings is 1. The summed E-state index contributed by atoms with van der Waals surface area (Å²) in [7, 11) is 0. The molecular formula is C18H36N2O3. The Labute approximate surface area is 141 Å². The molecule has 0 aromatic carbocycles. The summed E-state index contributed by atoms with van der Waals surface area (Å²) in [5.41, 5.74) is -0.570. The molecule has 0 radical (unpaired) electrons. The highest BCUT2D eigenvalue weighted by atomic mass is 16.6. The van der Waals surface area contributed by atoms with E-state index in [1.807, 2.05) is 39.5 Å². The fraction of sp³-hybridized carbons (Fsp3) is 0.944. The third-order valence-electron chi connectivity index (χ3n) is 4.24. The van der Waals surface area contributed by atoms with Crippen molar-refractivity contribution in [1.29, 1.82) is 0 Å². The number of carbonyl (C=O) groups excluding carboxylic acids is 1.